The monoisotopic (exact) mass is 876 g/mol. The molecule has 0 amide bonds. The van der Waals surface area contributed by atoms with Crippen LogP contribution in [0.2, 0.25) is 5.04 Å². The molecule has 1 saturated heterocycles. The van der Waals surface area contributed by atoms with Crippen molar-refractivity contribution in [1.29, 1.82) is 0 Å². The summed E-state index contributed by atoms with van der Waals surface area (Å²) < 4.78 is 47.8. The van der Waals surface area contributed by atoms with Crippen LogP contribution in [0.3, 0.4) is 0 Å². The van der Waals surface area contributed by atoms with Gasteiger partial charge in [-0.2, -0.15) is 0 Å². The fraction of sp³-hybridized carbons (Fsp3) is 0.321. The molecule has 0 aromatic heterocycles. The highest BCUT2D eigenvalue weighted by atomic mass is 28.4. The summed E-state index contributed by atoms with van der Waals surface area (Å²) in [5, 5.41) is 2.45. The molecule has 0 N–H and O–H groups in total. The van der Waals surface area contributed by atoms with Gasteiger partial charge in [0.25, 0.3) is 8.32 Å². The molecule has 7 rings (SSSR count). The van der Waals surface area contributed by atoms with E-state index in [0.29, 0.717) is 45.2 Å². The van der Waals surface area contributed by atoms with Gasteiger partial charge in [0.2, 0.25) is 6.29 Å². The Morgan fingerprint density at radius 1 is 0.516 bits per heavy atom. The Labute approximate surface area is 382 Å². The number of ether oxygens (including phenoxy) is 6. The van der Waals surface area contributed by atoms with Crippen LogP contribution in [0.25, 0.3) is 0 Å². The highest BCUT2D eigenvalue weighted by molar-refractivity contribution is 6.99. The molecule has 0 radical (unpaired) electrons. The summed E-state index contributed by atoms with van der Waals surface area (Å²) in [5.41, 5.74) is 4.18. The molecular weight excluding hydrogens is 813 g/mol. The van der Waals surface area contributed by atoms with Gasteiger partial charge in [-0.3, -0.25) is 0 Å². The van der Waals surface area contributed by atoms with Crippen LogP contribution in [-0.4, -0.2) is 52.2 Å². The minimum Gasteiger partial charge on any atom is -0.467 e. The van der Waals surface area contributed by atoms with Gasteiger partial charge in [-0.1, -0.05) is 209 Å². The third kappa shape index (κ3) is 12.8. The van der Waals surface area contributed by atoms with Gasteiger partial charge < -0.3 is 32.8 Å². The van der Waals surface area contributed by atoms with Gasteiger partial charge in [-0.15, -0.1) is 0 Å². The van der Waals surface area contributed by atoms with Crippen molar-refractivity contribution in [3.63, 3.8) is 0 Å². The Morgan fingerprint density at radius 2 is 0.922 bits per heavy atom. The third-order valence-corrected chi connectivity index (χ3v) is 16.8. The van der Waals surface area contributed by atoms with E-state index < -0.39 is 39.0 Å². The number of rotatable bonds is 23. The predicted molar refractivity (Wildman–Crippen MR) is 257 cm³/mol. The summed E-state index contributed by atoms with van der Waals surface area (Å²) in [7, 11) is -2.65. The fourth-order valence-electron chi connectivity index (χ4n) is 8.48. The van der Waals surface area contributed by atoms with E-state index in [2.05, 4.69) is 137 Å². The molecule has 0 saturated carbocycles. The fourth-order valence-corrected chi connectivity index (χ4v) is 13.1. The van der Waals surface area contributed by atoms with Crippen LogP contribution in [-0.2, 0) is 59.3 Å². The molecule has 1 aliphatic heterocycles. The molecule has 1 heterocycles. The number of benzene rings is 6. The molecule has 64 heavy (non-hydrogen) atoms. The minimum absolute atomic E-state index is 0.0986. The second kappa shape index (κ2) is 23.7. The lowest BCUT2D eigenvalue weighted by Crippen LogP contribution is -2.66. The molecular formula is C56H64O7Si. The molecule has 0 aliphatic carbocycles. The molecule has 0 spiro atoms. The van der Waals surface area contributed by atoms with Crippen molar-refractivity contribution in [2.75, 3.05) is 13.2 Å². The summed E-state index contributed by atoms with van der Waals surface area (Å²) in [6, 6.07) is 62.2. The Kier molecular flexibility index (Phi) is 17.3. The van der Waals surface area contributed by atoms with Gasteiger partial charge in [0.1, 0.15) is 24.4 Å². The summed E-state index contributed by atoms with van der Waals surface area (Å²) in [6.07, 6.45) is -0.967. The molecule has 7 nitrogen and oxygen atoms in total. The summed E-state index contributed by atoms with van der Waals surface area (Å²) in [6.45, 7) is 13.7. The van der Waals surface area contributed by atoms with Gasteiger partial charge in [-0.05, 0) is 50.5 Å². The summed E-state index contributed by atoms with van der Waals surface area (Å²) in [5.74, 6) is 0.609. The van der Waals surface area contributed by atoms with E-state index in [9.17, 15) is 0 Å². The minimum atomic E-state index is -2.65. The van der Waals surface area contributed by atoms with Crippen LogP contribution < -0.4 is 10.4 Å². The highest BCUT2D eigenvalue weighted by Gasteiger charge is 2.51. The standard InChI is InChI=1S/C56H64O7Si/c1-44(25-23-24-38-61-64(56(2,3)4,49-34-19-9-20-35-49)50-36-21-10-22-37-50)62-55-54(60-42-48-32-17-8-18-33-48)53(59-41-47-30-15-7-16-31-47)52(58-40-46-28-13-6-14-29-46)51(63-55)43-57-39-45-26-11-5-12-27-45/h5-22,26-37,51-55H,1,23-25,38-43H2,2-4H3/t51-,52-,53+,54-,55+/m1/s1. The smallest absolute Gasteiger partial charge is 0.261 e. The third-order valence-electron chi connectivity index (χ3n) is 11.7. The van der Waals surface area contributed by atoms with Gasteiger partial charge in [0, 0.05) is 13.0 Å². The first-order valence-electron chi connectivity index (χ1n) is 22.6. The van der Waals surface area contributed by atoms with E-state index in [0.717, 1.165) is 35.1 Å². The second-order valence-electron chi connectivity index (χ2n) is 17.5. The van der Waals surface area contributed by atoms with E-state index in [-0.39, 0.29) is 11.6 Å². The van der Waals surface area contributed by atoms with Crippen molar-refractivity contribution in [1.82, 2.24) is 0 Å². The lowest BCUT2D eigenvalue weighted by Gasteiger charge is -2.46. The topological polar surface area (TPSA) is 64.6 Å². The normalized spacial score (nSPS) is 19.0. The van der Waals surface area contributed by atoms with E-state index in [1.807, 2.05) is 72.8 Å². The first kappa shape index (κ1) is 46.8. The number of allylic oxidation sites excluding steroid dienone is 1. The Morgan fingerprint density at radius 3 is 1.38 bits per heavy atom. The van der Waals surface area contributed by atoms with Crippen molar-refractivity contribution in [2.45, 2.75) is 102 Å². The first-order chi connectivity index (χ1) is 31.3. The SMILES string of the molecule is C=C(CCCCO[Si](c1ccccc1)(c1ccccc1)C(C)(C)C)O[C@H]1O[C@H](COCc2ccccc2)[C@@H](OCc2ccccc2)[C@H](OCc2ccccc2)[C@H]1OCc1ccccc1. The zero-order valence-electron chi connectivity index (χ0n) is 37.6. The lowest BCUT2D eigenvalue weighted by molar-refractivity contribution is -0.321. The zero-order valence-corrected chi connectivity index (χ0v) is 38.6. The first-order valence-corrected chi connectivity index (χ1v) is 24.5. The molecule has 1 aliphatic rings. The van der Waals surface area contributed by atoms with Crippen molar-refractivity contribution in [2.24, 2.45) is 0 Å². The summed E-state index contributed by atoms with van der Waals surface area (Å²) >= 11 is 0. The lowest BCUT2D eigenvalue weighted by atomic mass is 9.97. The molecule has 0 unspecified atom stereocenters. The summed E-state index contributed by atoms with van der Waals surface area (Å²) in [4.78, 5) is 0. The number of unbranched alkanes of at least 4 members (excludes halogenated alkanes) is 1. The van der Waals surface area contributed by atoms with E-state index >= 15 is 0 Å². The Hall–Kier alpha value is -5.16. The molecule has 334 valence electrons. The maximum Gasteiger partial charge on any atom is 0.261 e. The predicted octanol–water partition coefficient (Wildman–Crippen LogP) is 11.0. The largest absolute Gasteiger partial charge is 0.467 e. The van der Waals surface area contributed by atoms with E-state index in [1.54, 1.807) is 0 Å². The molecule has 1 fully saturated rings. The zero-order chi connectivity index (χ0) is 44.5. The highest BCUT2D eigenvalue weighted by Crippen LogP contribution is 2.37. The van der Waals surface area contributed by atoms with Crippen LogP contribution in [0.4, 0.5) is 0 Å². The molecule has 6 aromatic carbocycles. The number of hydrogen-bond acceptors (Lipinski definition) is 7. The second-order valence-corrected chi connectivity index (χ2v) is 21.8. The van der Waals surface area contributed by atoms with Crippen LogP contribution >= 0.6 is 0 Å². The van der Waals surface area contributed by atoms with Crippen LogP contribution in [0.5, 0.6) is 0 Å². The average molecular weight is 877 g/mol. The van der Waals surface area contributed by atoms with E-state index in [4.69, 9.17) is 32.8 Å². The Balaban J connectivity index is 1.10. The van der Waals surface area contributed by atoms with Crippen molar-refractivity contribution < 1.29 is 32.8 Å². The van der Waals surface area contributed by atoms with Gasteiger partial charge in [0.05, 0.1) is 38.8 Å². The van der Waals surface area contributed by atoms with Gasteiger partial charge in [-0.25, -0.2) is 0 Å². The quantitative estimate of drug-likeness (QED) is 0.0361. The maximum atomic E-state index is 7.20. The van der Waals surface area contributed by atoms with Crippen LogP contribution in [0.1, 0.15) is 62.3 Å². The van der Waals surface area contributed by atoms with Crippen LogP contribution in [0, 0.1) is 0 Å². The molecule has 8 heteroatoms. The molecule has 5 atom stereocenters. The maximum absolute atomic E-state index is 7.20. The van der Waals surface area contributed by atoms with Crippen molar-refractivity contribution >= 4 is 18.7 Å². The van der Waals surface area contributed by atoms with Gasteiger partial charge >= 0.3 is 0 Å². The Bertz CT molecular complexity index is 2180. The van der Waals surface area contributed by atoms with Crippen LogP contribution in [0.15, 0.2) is 194 Å². The number of hydrogen-bond donors (Lipinski definition) is 0. The van der Waals surface area contributed by atoms with Crippen molar-refractivity contribution in [3.05, 3.63) is 217 Å². The van der Waals surface area contributed by atoms with Crippen molar-refractivity contribution in [3.8, 4) is 0 Å². The average Bonchev–Trinajstić information content (AvgIpc) is 3.33. The van der Waals surface area contributed by atoms with Gasteiger partial charge in [0.15, 0.2) is 0 Å². The van der Waals surface area contributed by atoms with E-state index in [1.165, 1.54) is 10.4 Å². The molecule has 0 bridgehead atoms. The molecule has 6 aromatic rings.